The van der Waals surface area contributed by atoms with Crippen LogP contribution in [0.1, 0.15) is 17.4 Å². The number of rotatable bonds is 6. The molecule has 0 radical (unpaired) electrons. The van der Waals surface area contributed by atoms with Gasteiger partial charge in [-0.25, -0.2) is 9.97 Å². The second-order valence-electron chi connectivity index (χ2n) is 4.70. The van der Waals surface area contributed by atoms with E-state index in [1.165, 1.54) is 0 Å². The van der Waals surface area contributed by atoms with Gasteiger partial charge in [0.2, 0.25) is 0 Å². The molecule has 0 saturated heterocycles. The summed E-state index contributed by atoms with van der Waals surface area (Å²) in [5.41, 5.74) is 3.60. The third-order valence-electron chi connectivity index (χ3n) is 3.16. The number of hydrogen-bond donors (Lipinski definition) is 0. The molecule has 1 unspecified atom stereocenters. The van der Waals surface area contributed by atoms with Crippen LogP contribution in [0.25, 0.3) is 0 Å². The summed E-state index contributed by atoms with van der Waals surface area (Å²) in [5.74, 6) is 0. The zero-order valence-corrected chi connectivity index (χ0v) is 13.9. The lowest BCUT2D eigenvalue weighted by Crippen LogP contribution is -2.12. The number of hydrogen-bond acceptors (Lipinski definition) is 4. The Morgan fingerprint density at radius 2 is 2.23 bits per heavy atom. The van der Waals surface area contributed by atoms with E-state index in [0.29, 0.717) is 23.2 Å². The topological polar surface area (TPSA) is 39.9 Å². The lowest BCUT2D eigenvalue weighted by molar-refractivity contribution is 0.0265. The minimum atomic E-state index is -0.208. The number of benzene rings is 1. The molecule has 0 aliphatic carbocycles. The smallest absolute Gasteiger partial charge is 0.102 e. The van der Waals surface area contributed by atoms with E-state index in [9.17, 15) is 0 Å². The van der Waals surface area contributed by atoms with Crippen molar-refractivity contribution in [2.45, 2.75) is 19.3 Å². The van der Waals surface area contributed by atoms with E-state index >= 15 is 0 Å². The van der Waals surface area contributed by atoms with Crippen LogP contribution in [0.15, 0.2) is 47.8 Å². The van der Waals surface area contributed by atoms with Gasteiger partial charge in [-0.15, -0.1) is 11.3 Å². The molecule has 0 fully saturated rings. The summed E-state index contributed by atoms with van der Waals surface area (Å²) >= 11 is 13.8. The second kappa shape index (κ2) is 7.24. The van der Waals surface area contributed by atoms with Crippen LogP contribution in [-0.4, -0.2) is 14.5 Å². The lowest BCUT2D eigenvalue weighted by Gasteiger charge is -2.20. The molecule has 4 nitrogen and oxygen atoms in total. The van der Waals surface area contributed by atoms with Crippen molar-refractivity contribution in [1.82, 2.24) is 14.5 Å². The summed E-state index contributed by atoms with van der Waals surface area (Å²) in [6, 6.07) is 5.44. The van der Waals surface area contributed by atoms with E-state index < -0.39 is 0 Å². The molecule has 7 heteroatoms. The number of imidazole rings is 1. The van der Waals surface area contributed by atoms with Gasteiger partial charge in [0.15, 0.2) is 0 Å². The Bertz CT molecular complexity index is 716. The highest BCUT2D eigenvalue weighted by atomic mass is 35.5. The zero-order chi connectivity index (χ0) is 15.4. The Morgan fingerprint density at radius 3 is 2.91 bits per heavy atom. The van der Waals surface area contributed by atoms with Gasteiger partial charge in [0.1, 0.15) is 6.10 Å². The van der Waals surface area contributed by atoms with E-state index in [4.69, 9.17) is 27.9 Å². The van der Waals surface area contributed by atoms with Crippen molar-refractivity contribution in [3.63, 3.8) is 0 Å². The minimum Gasteiger partial charge on any atom is -0.365 e. The zero-order valence-electron chi connectivity index (χ0n) is 11.5. The highest BCUT2D eigenvalue weighted by molar-refractivity contribution is 7.07. The summed E-state index contributed by atoms with van der Waals surface area (Å²) in [6.07, 6.45) is 5.17. The SMILES string of the molecule is Clc1ccc(C(Cn2ccnc2)OCc2cscn2)c(Cl)c1. The first-order valence-electron chi connectivity index (χ1n) is 6.62. The molecule has 0 aliphatic heterocycles. The van der Waals surface area contributed by atoms with Crippen molar-refractivity contribution in [2.75, 3.05) is 0 Å². The van der Waals surface area contributed by atoms with Crippen LogP contribution in [0, 0.1) is 0 Å². The summed E-state index contributed by atoms with van der Waals surface area (Å²) < 4.78 is 7.99. The second-order valence-corrected chi connectivity index (χ2v) is 6.27. The van der Waals surface area contributed by atoms with Crippen LogP contribution < -0.4 is 0 Å². The van der Waals surface area contributed by atoms with Gasteiger partial charge in [0.25, 0.3) is 0 Å². The Morgan fingerprint density at radius 1 is 1.32 bits per heavy atom. The fraction of sp³-hybridized carbons (Fsp3) is 0.200. The fourth-order valence-corrected chi connectivity index (χ4v) is 3.16. The minimum absolute atomic E-state index is 0.208. The first kappa shape index (κ1) is 15.5. The molecule has 3 rings (SSSR count). The predicted molar refractivity (Wildman–Crippen MR) is 88.3 cm³/mol. The van der Waals surface area contributed by atoms with E-state index in [-0.39, 0.29) is 6.10 Å². The number of ether oxygens (including phenoxy) is 1. The van der Waals surface area contributed by atoms with Crippen molar-refractivity contribution < 1.29 is 4.74 Å². The van der Waals surface area contributed by atoms with E-state index in [0.717, 1.165) is 11.3 Å². The molecule has 0 spiro atoms. The number of thiazole rings is 1. The molecule has 22 heavy (non-hydrogen) atoms. The van der Waals surface area contributed by atoms with E-state index in [2.05, 4.69) is 9.97 Å². The Hall–Kier alpha value is -1.40. The van der Waals surface area contributed by atoms with Crippen molar-refractivity contribution in [3.8, 4) is 0 Å². The normalized spacial score (nSPS) is 12.5. The average Bonchev–Trinajstić information content (AvgIpc) is 3.17. The summed E-state index contributed by atoms with van der Waals surface area (Å²) in [5, 5.41) is 3.17. The van der Waals surface area contributed by atoms with Crippen LogP contribution >= 0.6 is 34.5 Å². The van der Waals surface area contributed by atoms with Crippen molar-refractivity contribution in [1.29, 1.82) is 0 Å². The number of halogens is 2. The molecule has 1 aromatic carbocycles. The van der Waals surface area contributed by atoms with Crippen molar-refractivity contribution in [2.24, 2.45) is 0 Å². The highest BCUT2D eigenvalue weighted by Crippen LogP contribution is 2.30. The predicted octanol–water partition coefficient (Wildman–Crippen LogP) is 4.60. The standard InChI is InChI=1S/C15H13Cl2N3OS/c16-11-1-2-13(14(17)5-11)15(6-20-4-3-18-9-20)21-7-12-8-22-10-19-12/h1-5,8-10,15H,6-7H2. The third-order valence-corrected chi connectivity index (χ3v) is 4.36. The first-order valence-corrected chi connectivity index (χ1v) is 8.31. The molecular weight excluding hydrogens is 341 g/mol. The van der Waals surface area contributed by atoms with Gasteiger partial charge in [-0.3, -0.25) is 0 Å². The number of nitrogens with zero attached hydrogens (tertiary/aromatic N) is 3. The van der Waals surface area contributed by atoms with Gasteiger partial charge in [-0.1, -0.05) is 29.3 Å². The molecule has 3 aromatic rings. The molecule has 0 aliphatic rings. The van der Waals surface area contributed by atoms with Gasteiger partial charge in [0, 0.05) is 33.4 Å². The molecule has 1 atom stereocenters. The summed E-state index contributed by atoms with van der Waals surface area (Å²) in [7, 11) is 0. The molecule has 0 bridgehead atoms. The van der Waals surface area contributed by atoms with Crippen LogP contribution in [-0.2, 0) is 17.9 Å². The molecule has 0 N–H and O–H groups in total. The van der Waals surface area contributed by atoms with Gasteiger partial charge in [0.05, 0.1) is 30.7 Å². The monoisotopic (exact) mass is 353 g/mol. The summed E-state index contributed by atoms with van der Waals surface area (Å²) in [4.78, 5) is 8.29. The number of aromatic nitrogens is 3. The molecule has 0 amide bonds. The van der Waals surface area contributed by atoms with Crippen molar-refractivity contribution >= 4 is 34.5 Å². The Labute approximate surface area is 142 Å². The maximum atomic E-state index is 6.32. The van der Waals surface area contributed by atoms with Gasteiger partial charge in [-0.05, 0) is 12.1 Å². The summed E-state index contributed by atoms with van der Waals surface area (Å²) in [6.45, 7) is 1.05. The largest absolute Gasteiger partial charge is 0.365 e. The van der Waals surface area contributed by atoms with Gasteiger partial charge < -0.3 is 9.30 Å². The van der Waals surface area contributed by atoms with E-state index in [1.54, 1.807) is 35.4 Å². The molecule has 2 heterocycles. The quantitative estimate of drug-likeness (QED) is 0.649. The van der Waals surface area contributed by atoms with Crippen LogP contribution in [0.4, 0.5) is 0 Å². The fourth-order valence-electron chi connectivity index (χ4n) is 2.08. The molecular formula is C15H13Cl2N3OS. The maximum absolute atomic E-state index is 6.32. The highest BCUT2D eigenvalue weighted by Gasteiger charge is 2.17. The molecule has 0 saturated carbocycles. The van der Waals surface area contributed by atoms with Crippen LogP contribution in [0.3, 0.4) is 0 Å². The van der Waals surface area contributed by atoms with Crippen LogP contribution in [0.2, 0.25) is 10.0 Å². The van der Waals surface area contributed by atoms with Gasteiger partial charge in [-0.2, -0.15) is 0 Å². The third kappa shape index (κ3) is 3.87. The van der Waals surface area contributed by atoms with Gasteiger partial charge >= 0.3 is 0 Å². The first-order chi connectivity index (χ1) is 10.7. The molecule has 114 valence electrons. The molecule has 2 aromatic heterocycles. The van der Waals surface area contributed by atoms with Crippen molar-refractivity contribution in [3.05, 3.63) is 69.1 Å². The Balaban J connectivity index is 1.81. The average molecular weight is 354 g/mol. The lowest BCUT2D eigenvalue weighted by atomic mass is 10.1. The van der Waals surface area contributed by atoms with E-state index in [1.807, 2.05) is 28.3 Å². The van der Waals surface area contributed by atoms with Crippen LogP contribution in [0.5, 0.6) is 0 Å². The Kier molecular flexibility index (Phi) is 5.10. The maximum Gasteiger partial charge on any atom is 0.102 e.